The Balaban J connectivity index is 2.61. The van der Waals surface area contributed by atoms with Gasteiger partial charge >= 0.3 is 5.97 Å². The Labute approximate surface area is 144 Å². The van der Waals surface area contributed by atoms with Crippen LogP contribution in [0.25, 0.3) is 0 Å². The van der Waals surface area contributed by atoms with Crippen LogP contribution >= 0.6 is 0 Å². The van der Waals surface area contributed by atoms with E-state index in [1.165, 1.54) is 18.2 Å². The third-order valence-corrected chi connectivity index (χ3v) is 4.67. The summed E-state index contributed by atoms with van der Waals surface area (Å²) in [6, 6.07) is -0.319. The van der Waals surface area contributed by atoms with Crippen molar-refractivity contribution < 1.29 is 19.5 Å². The molecular weight excluding hydrogens is 308 g/mol. The zero-order valence-electron chi connectivity index (χ0n) is 15.2. The molecule has 1 fully saturated rings. The first kappa shape index (κ1) is 20.2. The molecule has 0 aromatic carbocycles. The van der Waals surface area contributed by atoms with Crippen LogP contribution in [0.1, 0.15) is 52.9 Å². The topological polar surface area (TPSA) is 86.7 Å². The Morgan fingerprint density at radius 1 is 1.21 bits per heavy atom. The SMILES string of the molecule is C/C(=C\[C@H](C(C)C)N(C)C(=O)CNC(=O)C1CCCCC1)C(=O)O. The quantitative estimate of drug-likeness (QED) is 0.697. The van der Waals surface area contributed by atoms with Crippen molar-refractivity contribution in [3.63, 3.8) is 0 Å². The molecule has 2 amide bonds. The molecule has 24 heavy (non-hydrogen) atoms. The number of nitrogens with zero attached hydrogens (tertiary/aromatic N) is 1. The second-order valence-corrected chi connectivity index (χ2v) is 6.95. The number of amides is 2. The van der Waals surface area contributed by atoms with E-state index in [4.69, 9.17) is 5.11 Å². The number of carbonyl (C=O) groups excluding carboxylic acids is 2. The van der Waals surface area contributed by atoms with Crippen LogP contribution in [0.4, 0.5) is 0 Å². The lowest BCUT2D eigenvalue weighted by Gasteiger charge is -2.30. The maximum absolute atomic E-state index is 12.4. The Bertz CT molecular complexity index is 493. The standard InChI is InChI=1S/C18H30N2O4/c1-12(2)15(10-13(3)18(23)24)20(4)16(21)11-19-17(22)14-8-6-5-7-9-14/h10,12,14-15H,5-9,11H2,1-4H3,(H,19,22)(H,23,24)/b13-10+/t15-/m1/s1. The van der Waals surface area contributed by atoms with Crippen LogP contribution in [-0.2, 0) is 14.4 Å². The highest BCUT2D eigenvalue weighted by molar-refractivity contribution is 5.87. The molecule has 0 radical (unpaired) electrons. The predicted octanol–water partition coefficient (Wildman–Crippen LogP) is 2.20. The van der Waals surface area contributed by atoms with Gasteiger partial charge in [-0.25, -0.2) is 4.79 Å². The average Bonchev–Trinajstić information content (AvgIpc) is 2.56. The summed E-state index contributed by atoms with van der Waals surface area (Å²) >= 11 is 0. The number of nitrogens with one attached hydrogen (secondary N) is 1. The molecule has 2 N–H and O–H groups in total. The lowest BCUT2D eigenvalue weighted by molar-refractivity contribution is -0.135. The van der Waals surface area contributed by atoms with Crippen molar-refractivity contribution in [2.24, 2.45) is 11.8 Å². The monoisotopic (exact) mass is 338 g/mol. The highest BCUT2D eigenvalue weighted by Crippen LogP contribution is 2.23. The van der Waals surface area contributed by atoms with Gasteiger partial charge in [-0.3, -0.25) is 9.59 Å². The third-order valence-electron chi connectivity index (χ3n) is 4.67. The van der Waals surface area contributed by atoms with Gasteiger partial charge in [0.25, 0.3) is 0 Å². The second-order valence-electron chi connectivity index (χ2n) is 6.95. The van der Waals surface area contributed by atoms with Gasteiger partial charge in [-0.15, -0.1) is 0 Å². The van der Waals surface area contributed by atoms with E-state index >= 15 is 0 Å². The van der Waals surface area contributed by atoms with Crippen LogP contribution in [0, 0.1) is 11.8 Å². The minimum absolute atomic E-state index is 0.0203. The summed E-state index contributed by atoms with van der Waals surface area (Å²) in [5.41, 5.74) is 0.208. The van der Waals surface area contributed by atoms with Crippen LogP contribution in [0.5, 0.6) is 0 Å². The zero-order chi connectivity index (χ0) is 18.3. The average molecular weight is 338 g/mol. The molecule has 0 spiro atoms. The van der Waals surface area contributed by atoms with Gasteiger partial charge in [0, 0.05) is 18.5 Å². The smallest absolute Gasteiger partial charge is 0.331 e. The van der Waals surface area contributed by atoms with Gasteiger partial charge in [0.15, 0.2) is 0 Å². The van der Waals surface area contributed by atoms with Crippen LogP contribution < -0.4 is 5.32 Å². The Hall–Kier alpha value is -1.85. The van der Waals surface area contributed by atoms with E-state index in [2.05, 4.69) is 5.32 Å². The molecule has 1 aliphatic rings. The van der Waals surface area contributed by atoms with Gasteiger partial charge in [0.1, 0.15) is 0 Å². The summed E-state index contributed by atoms with van der Waals surface area (Å²) in [6.07, 6.45) is 6.70. The minimum atomic E-state index is -0.993. The normalized spacial score (nSPS) is 17.5. The predicted molar refractivity (Wildman–Crippen MR) is 92.4 cm³/mol. The largest absolute Gasteiger partial charge is 0.478 e. The molecule has 1 rings (SSSR count). The molecular formula is C18H30N2O4. The Morgan fingerprint density at radius 3 is 2.29 bits per heavy atom. The first-order valence-electron chi connectivity index (χ1n) is 8.69. The molecule has 1 saturated carbocycles. The number of rotatable bonds is 7. The molecule has 0 heterocycles. The van der Waals surface area contributed by atoms with E-state index in [0.29, 0.717) is 0 Å². The molecule has 0 aromatic rings. The molecule has 0 unspecified atom stereocenters. The van der Waals surface area contributed by atoms with Crippen molar-refractivity contribution in [1.29, 1.82) is 0 Å². The summed E-state index contributed by atoms with van der Waals surface area (Å²) in [4.78, 5) is 37.0. The van der Waals surface area contributed by atoms with Crippen LogP contribution in [0.3, 0.4) is 0 Å². The number of carboxylic acid groups (broad SMARTS) is 1. The van der Waals surface area contributed by atoms with Crippen molar-refractivity contribution in [3.8, 4) is 0 Å². The number of hydrogen-bond donors (Lipinski definition) is 2. The van der Waals surface area contributed by atoms with Crippen molar-refractivity contribution in [1.82, 2.24) is 10.2 Å². The molecule has 0 saturated heterocycles. The highest BCUT2D eigenvalue weighted by Gasteiger charge is 2.25. The first-order valence-corrected chi connectivity index (χ1v) is 8.69. The van der Waals surface area contributed by atoms with Gasteiger partial charge in [0.2, 0.25) is 11.8 Å². The summed E-state index contributed by atoms with van der Waals surface area (Å²) in [6.45, 7) is 5.33. The van der Waals surface area contributed by atoms with E-state index in [1.807, 2.05) is 13.8 Å². The number of aliphatic carboxylic acids is 1. The summed E-state index contributed by atoms with van der Waals surface area (Å²) in [7, 11) is 1.64. The van der Waals surface area contributed by atoms with Crippen molar-refractivity contribution in [2.45, 2.75) is 58.9 Å². The van der Waals surface area contributed by atoms with Crippen molar-refractivity contribution in [2.75, 3.05) is 13.6 Å². The highest BCUT2D eigenvalue weighted by atomic mass is 16.4. The number of likely N-dealkylation sites (N-methyl/N-ethyl adjacent to an activating group) is 1. The summed E-state index contributed by atoms with van der Waals surface area (Å²) < 4.78 is 0. The first-order chi connectivity index (χ1) is 11.2. The van der Waals surface area contributed by atoms with E-state index in [-0.39, 0.29) is 41.8 Å². The minimum Gasteiger partial charge on any atom is -0.478 e. The molecule has 6 heteroatoms. The fourth-order valence-corrected chi connectivity index (χ4v) is 3.04. The van der Waals surface area contributed by atoms with Crippen molar-refractivity contribution >= 4 is 17.8 Å². The van der Waals surface area contributed by atoms with E-state index < -0.39 is 5.97 Å². The van der Waals surface area contributed by atoms with Gasteiger partial charge in [0.05, 0.1) is 12.6 Å². The van der Waals surface area contributed by atoms with Crippen LogP contribution in [0.2, 0.25) is 0 Å². The second kappa shape index (κ2) is 9.45. The molecule has 0 bridgehead atoms. The van der Waals surface area contributed by atoms with E-state index in [0.717, 1.165) is 25.7 Å². The molecule has 1 aliphatic carbocycles. The number of carbonyl (C=O) groups is 3. The van der Waals surface area contributed by atoms with Gasteiger partial charge < -0.3 is 15.3 Å². The van der Waals surface area contributed by atoms with Gasteiger partial charge in [-0.05, 0) is 25.7 Å². The fourth-order valence-electron chi connectivity index (χ4n) is 3.04. The fraction of sp³-hybridized carbons (Fsp3) is 0.722. The molecule has 1 atom stereocenters. The Morgan fingerprint density at radius 2 is 1.79 bits per heavy atom. The van der Waals surface area contributed by atoms with Crippen LogP contribution in [0.15, 0.2) is 11.6 Å². The van der Waals surface area contributed by atoms with E-state index in [9.17, 15) is 14.4 Å². The molecule has 6 nitrogen and oxygen atoms in total. The van der Waals surface area contributed by atoms with E-state index in [1.54, 1.807) is 13.1 Å². The maximum Gasteiger partial charge on any atom is 0.331 e. The van der Waals surface area contributed by atoms with Gasteiger partial charge in [-0.2, -0.15) is 0 Å². The van der Waals surface area contributed by atoms with Crippen molar-refractivity contribution in [3.05, 3.63) is 11.6 Å². The molecule has 0 aliphatic heterocycles. The lowest BCUT2D eigenvalue weighted by Crippen LogP contribution is -2.46. The maximum atomic E-state index is 12.4. The summed E-state index contributed by atoms with van der Waals surface area (Å²) in [5, 5.41) is 11.8. The lowest BCUT2D eigenvalue weighted by atomic mass is 9.89. The summed E-state index contributed by atoms with van der Waals surface area (Å²) in [5.74, 6) is -1.16. The zero-order valence-corrected chi connectivity index (χ0v) is 15.2. The molecule has 0 aromatic heterocycles. The van der Waals surface area contributed by atoms with Crippen LogP contribution in [-0.4, -0.2) is 47.4 Å². The number of carboxylic acids is 1. The third kappa shape index (κ3) is 5.98. The molecule has 136 valence electrons. The van der Waals surface area contributed by atoms with Gasteiger partial charge in [-0.1, -0.05) is 39.2 Å². The Kier molecular flexibility index (Phi) is 7.95. The number of hydrogen-bond acceptors (Lipinski definition) is 3.